The van der Waals surface area contributed by atoms with Crippen molar-refractivity contribution in [3.8, 4) is 5.75 Å². The van der Waals surface area contributed by atoms with Crippen molar-refractivity contribution in [1.82, 2.24) is 9.55 Å². The molecule has 1 aliphatic rings. The quantitative estimate of drug-likeness (QED) is 0.936. The molecule has 0 saturated carbocycles. The second-order valence-electron chi connectivity index (χ2n) is 4.82. The lowest BCUT2D eigenvalue weighted by Crippen LogP contribution is -2.07. The summed E-state index contributed by atoms with van der Waals surface area (Å²) in [7, 11) is 0. The smallest absolute Gasteiger partial charge is 0.320 e. The fraction of sp³-hybridized carbons (Fsp3) is 0.357. The highest BCUT2D eigenvalue weighted by Gasteiger charge is 2.19. The number of nitrogens with zero attached hydrogens (tertiary/aromatic N) is 2. The van der Waals surface area contributed by atoms with Gasteiger partial charge in [0, 0.05) is 18.4 Å². The van der Waals surface area contributed by atoms with Crippen molar-refractivity contribution in [3.05, 3.63) is 47.5 Å². The Morgan fingerprint density at radius 3 is 3.10 bits per heavy atom. The molecule has 106 valence electrons. The molecule has 0 saturated heterocycles. The van der Waals surface area contributed by atoms with Gasteiger partial charge in [-0.2, -0.15) is 8.78 Å². The molecule has 2 aromatic rings. The highest BCUT2D eigenvalue weighted by atomic mass is 19.3. The van der Waals surface area contributed by atoms with E-state index in [4.69, 9.17) is 10.5 Å². The number of ether oxygens (including phenoxy) is 1. The first-order valence-corrected chi connectivity index (χ1v) is 6.46. The summed E-state index contributed by atoms with van der Waals surface area (Å²) in [5, 5.41) is 0. The molecule has 1 aromatic carbocycles. The van der Waals surface area contributed by atoms with Gasteiger partial charge in [0.25, 0.3) is 0 Å². The summed E-state index contributed by atoms with van der Waals surface area (Å²) in [5.41, 5.74) is 8.28. The summed E-state index contributed by atoms with van der Waals surface area (Å²) in [5.74, 6) is 0.860. The van der Waals surface area contributed by atoms with E-state index in [1.165, 1.54) is 18.0 Å². The summed E-state index contributed by atoms with van der Waals surface area (Å²) in [6.07, 6.45) is 4.45. The van der Waals surface area contributed by atoms with Crippen molar-refractivity contribution in [2.75, 3.05) is 0 Å². The number of hydrogen-bond acceptors (Lipinski definition) is 3. The Labute approximate surface area is 115 Å². The molecular weight excluding hydrogens is 264 g/mol. The Morgan fingerprint density at radius 2 is 2.30 bits per heavy atom. The van der Waals surface area contributed by atoms with E-state index in [0.717, 1.165) is 23.0 Å². The Morgan fingerprint density at radius 1 is 1.45 bits per heavy atom. The average molecular weight is 279 g/mol. The standard InChI is InChI=1S/C14H15F2N3O/c15-14(16)19-6-5-18-13(19)8-20-10-2-3-11-9(7-10)1-4-12(11)17/h2-3,5-7,12,14H,1,4,8,17H2/t12-/m0/s1. The second-order valence-corrected chi connectivity index (χ2v) is 4.82. The minimum absolute atomic E-state index is 0.0161. The Balaban J connectivity index is 1.71. The summed E-state index contributed by atoms with van der Waals surface area (Å²) in [6, 6.07) is 5.79. The van der Waals surface area contributed by atoms with E-state index < -0.39 is 6.55 Å². The monoisotopic (exact) mass is 279 g/mol. The zero-order valence-corrected chi connectivity index (χ0v) is 10.8. The van der Waals surface area contributed by atoms with E-state index in [-0.39, 0.29) is 18.5 Å². The van der Waals surface area contributed by atoms with E-state index in [1.807, 2.05) is 18.2 Å². The van der Waals surface area contributed by atoms with Crippen molar-refractivity contribution in [2.45, 2.75) is 32.0 Å². The second kappa shape index (κ2) is 5.20. The third kappa shape index (κ3) is 2.38. The van der Waals surface area contributed by atoms with Gasteiger partial charge in [-0.3, -0.25) is 4.57 Å². The molecule has 20 heavy (non-hydrogen) atoms. The molecular formula is C14H15F2N3O. The maximum Gasteiger partial charge on any atom is 0.320 e. The molecule has 0 radical (unpaired) electrons. The molecule has 0 bridgehead atoms. The molecule has 0 unspecified atom stereocenters. The predicted molar refractivity (Wildman–Crippen MR) is 69.5 cm³/mol. The lowest BCUT2D eigenvalue weighted by atomic mass is 10.1. The van der Waals surface area contributed by atoms with Gasteiger partial charge in [0.05, 0.1) is 0 Å². The van der Waals surface area contributed by atoms with Crippen LogP contribution in [-0.4, -0.2) is 9.55 Å². The summed E-state index contributed by atoms with van der Waals surface area (Å²) < 4.78 is 31.7. The summed E-state index contributed by atoms with van der Waals surface area (Å²) >= 11 is 0. The highest BCUT2D eigenvalue weighted by Crippen LogP contribution is 2.32. The number of hydrogen-bond donors (Lipinski definition) is 1. The van der Waals surface area contributed by atoms with E-state index in [0.29, 0.717) is 5.75 Å². The summed E-state index contributed by atoms with van der Waals surface area (Å²) in [6.45, 7) is -2.59. The fourth-order valence-electron chi connectivity index (χ4n) is 2.50. The van der Waals surface area contributed by atoms with Gasteiger partial charge in [0.15, 0.2) is 5.82 Å². The number of benzene rings is 1. The minimum atomic E-state index is -2.60. The minimum Gasteiger partial charge on any atom is -0.486 e. The number of fused-ring (bicyclic) bond motifs is 1. The molecule has 2 N–H and O–H groups in total. The Bertz CT molecular complexity index is 612. The van der Waals surface area contributed by atoms with Crippen LogP contribution in [0.4, 0.5) is 8.78 Å². The molecule has 4 nitrogen and oxygen atoms in total. The van der Waals surface area contributed by atoms with Crippen LogP contribution in [0, 0.1) is 0 Å². The molecule has 0 fully saturated rings. The normalized spacial score (nSPS) is 17.5. The van der Waals surface area contributed by atoms with Gasteiger partial charge in [-0.25, -0.2) is 4.98 Å². The largest absolute Gasteiger partial charge is 0.486 e. The third-order valence-corrected chi connectivity index (χ3v) is 3.57. The van der Waals surface area contributed by atoms with Crippen molar-refractivity contribution < 1.29 is 13.5 Å². The first kappa shape index (κ1) is 13.1. The van der Waals surface area contributed by atoms with E-state index in [9.17, 15) is 8.78 Å². The number of halogens is 2. The van der Waals surface area contributed by atoms with Crippen LogP contribution >= 0.6 is 0 Å². The first-order chi connectivity index (χ1) is 9.65. The number of aromatic nitrogens is 2. The SMILES string of the molecule is N[C@H]1CCc2cc(OCc3nccn3C(F)F)ccc21. The highest BCUT2D eigenvalue weighted by molar-refractivity contribution is 5.40. The van der Waals surface area contributed by atoms with Crippen molar-refractivity contribution >= 4 is 0 Å². The van der Waals surface area contributed by atoms with Gasteiger partial charge in [0.1, 0.15) is 12.4 Å². The van der Waals surface area contributed by atoms with Crippen LogP contribution in [0.3, 0.4) is 0 Å². The molecule has 6 heteroatoms. The lowest BCUT2D eigenvalue weighted by molar-refractivity contribution is 0.0632. The fourth-order valence-corrected chi connectivity index (χ4v) is 2.50. The van der Waals surface area contributed by atoms with Crippen LogP contribution in [0.2, 0.25) is 0 Å². The van der Waals surface area contributed by atoms with Gasteiger partial charge >= 0.3 is 6.55 Å². The van der Waals surface area contributed by atoms with Gasteiger partial charge in [0.2, 0.25) is 0 Å². The molecule has 0 aliphatic heterocycles. The van der Waals surface area contributed by atoms with Crippen LogP contribution in [-0.2, 0) is 13.0 Å². The van der Waals surface area contributed by atoms with Crippen molar-refractivity contribution in [1.29, 1.82) is 0 Å². The number of imidazole rings is 1. The summed E-state index contributed by atoms with van der Waals surface area (Å²) in [4.78, 5) is 3.88. The van der Waals surface area contributed by atoms with Gasteiger partial charge in [-0.15, -0.1) is 0 Å². The first-order valence-electron chi connectivity index (χ1n) is 6.46. The van der Waals surface area contributed by atoms with Crippen LogP contribution in [0.5, 0.6) is 5.75 Å². The van der Waals surface area contributed by atoms with Crippen LogP contribution < -0.4 is 10.5 Å². The lowest BCUT2D eigenvalue weighted by Gasteiger charge is -2.10. The number of alkyl halides is 2. The average Bonchev–Trinajstić information content (AvgIpc) is 3.03. The zero-order valence-electron chi connectivity index (χ0n) is 10.8. The van der Waals surface area contributed by atoms with Gasteiger partial charge in [-0.05, 0) is 36.1 Å². The van der Waals surface area contributed by atoms with Gasteiger partial charge in [-0.1, -0.05) is 6.07 Å². The van der Waals surface area contributed by atoms with Crippen molar-refractivity contribution in [2.24, 2.45) is 5.73 Å². The molecule has 1 heterocycles. The van der Waals surface area contributed by atoms with Crippen LogP contribution in [0.1, 0.15) is 36.0 Å². The Hall–Kier alpha value is -1.95. The Kier molecular flexibility index (Phi) is 3.40. The van der Waals surface area contributed by atoms with Crippen LogP contribution in [0.25, 0.3) is 0 Å². The van der Waals surface area contributed by atoms with Crippen LogP contribution in [0.15, 0.2) is 30.6 Å². The number of rotatable bonds is 4. The topological polar surface area (TPSA) is 53.1 Å². The van der Waals surface area contributed by atoms with E-state index in [2.05, 4.69) is 4.98 Å². The zero-order chi connectivity index (χ0) is 14.1. The number of nitrogens with two attached hydrogens (primary N) is 1. The van der Waals surface area contributed by atoms with Gasteiger partial charge < -0.3 is 10.5 Å². The van der Waals surface area contributed by atoms with E-state index in [1.54, 1.807) is 0 Å². The predicted octanol–water partition coefficient (Wildman–Crippen LogP) is 2.80. The maximum absolute atomic E-state index is 12.7. The molecule has 1 aliphatic carbocycles. The molecule has 1 aromatic heterocycles. The molecule has 3 rings (SSSR count). The third-order valence-electron chi connectivity index (χ3n) is 3.57. The molecule has 0 amide bonds. The molecule has 0 spiro atoms. The number of aryl methyl sites for hydroxylation is 1. The maximum atomic E-state index is 12.7. The van der Waals surface area contributed by atoms with Crippen molar-refractivity contribution in [3.63, 3.8) is 0 Å². The molecule has 1 atom stereocenters. The van der Waals surface area contributed by atoms with E-state index >= 15 is 0 Å².